The SMILES string of the molecule is O=C(Nc1ccncc1)Nc1ccnc(Cl)c1. The van der Waals surface area contributed by atoms with Gasteiger partial charge in [0.05, 0.1) is 0 Å². The molecule has 0 saturated heterocycles. The standard InChI is InChI=1S/C11H9ClN4O/c12-10-7-9(3-6-14-10)16-11(17)15-8-1-4-13-5-2-8/h1-7H,(H2,13,14,15,16,17). The van der Waals surface area contributed by atoms with E-state index in [0.29, 0.717) is 16.5 Å². The summed E-state index contributed by atoms with van der Waals surface area (Å²) < 4.78 is 0. The Balaban J connectivity index is 1.98. The molecule has 0 bridgehead atoms. The molecule has 0 spiro atoms. The summed E-state index contributed by atoms with van der Waals surface area (Å²) in [5.41, 5.74) is 1.24. The summed E-state index contributed by atoms with van der Waals surface area (Å²) in [5, 5.41) is 5.62. The molecule has 2 aromatic heterocycles. The summed E-state index contributed by atoms with van der Waals surface area (Å²) in [6, 6.07) is 6.25. The lowest BCUT2D eigenvalue weighted by Crippen LogP contribution is -2.19. The van der Waals surface area contributed by atoms with Gasteiger partial charge in [-0.25, -0.2) is 9.78 Å². The van der Waals surface area contributed by atoms with Crippen LogP contribution in [0.3, 0.4) is 0 Å². The van der Waals surface area contributed by atoms with Crippen LogP contribution in [0.2, 0.25) is 5.15 Å². The van der Waals surface area contributed by atoms with E-state index in [9.17, 15) is 4.79 Å². The fourth-order valence-corrected chi connectivity index (χ4v) is 1.38. The maximum absolute atomic E-state index is 11.6. The number of pyridine rings is 2. The van der Waals surface area contributed by atoms with Crippen LogP contribution in [0.1, 0.15) is 0 Å². The lowest BCUT2D eigenvalue weighted by Gasteiger charge is -2.06. The van der Waals surface area contributed by atoms with Crippen molar-refractivity contribution in [2.75, 3.05) is 10.6 Å². The molecular weight excluding hydrogens is 240 g/mol. The van der Waals surface area contributed by atoms with Crippen LogP contribution in [-0.2, 0) is 0 Å². The molecule has 0 unspecified atom stereocenters. The van der Waals surface area contributed by atoms with Gasteiger partial charge in [0, 0.05) is 30.0 Å². The number of nitrogens with zero attached hydrogens (tertiary/aromatic N) is 2. The zero-order chi connectivity index (χ0) is 12.1. The molecule has 0 aliphatic carbocycles. The zero-order valence-corrected chi connectivity index (χ0v) is 9.48. The minimum atomic E-state index is -0.349. The molecule has 2 aromatic rings. The normalized spacial score (nSPS) is 9.71. The Morgan fingerprint density at radius 2 is 1.71 bits per heavy atom. The van der Waals surface area contributed by atoms with Gasteiger partial charge in [-0.2, -0.15) is 0 Å². The van der Waals surface area contributed by atoms with Crippen molar-refractivity contribution >= 4 is 29.0 Å². The van der Waals surface area contributed by atoms with Gasteiger partial charge in [0.15, 0.2) is 0 Å². The lowest BCUT2D eigenvalue weighted by atomic mass is 10.4. The van der Waals surface area contributed by atoms with E-state index in [1.165, 1.54) is 6.20 Å². The van der Waals surface area contributed by atoms with Crippen LogP contribution >= 0.6 is 11.6 Å². The molecule has 0 fully saturated rings. The highest BCUT2D eigenvalue weighted by molar-refractivity contribution is 6.29. The third-order valence-corrected chi connectivity index (χ3v) is 2.13. The highest BCUT2D eigenvalue weighted by Gasteiger charge is 2.02. The summed E-state index contributed by atoms with van der Waals surface area (Å²) in [6.45, 7) is 0. The lowest BCUT2D eigenvalue weighted by molar-refractivity contribution is 0.262. The van der Waals surface area contributed by atoms with E-state index in [1.54, 1.807) is 36.7 Å². The van der Waals surface area contributed by atoms with E-state index in [1.807, 2.05) is 0 Å². The third-order valence-electron chi connectivity index (χ3n) is 1.92. The van der Waals surface area contributed by atoms with Gasteiger partial charge in [0.1, 0.15) is 5.15 Å². The average molecular weight is 249 g/mol. The van der Waals surface area contributed by atoms with Crippen molar-refractivity contribution in [3.63, 3.8) is 0 Å². The van der Waals surface area contributed by atoms with Crippen molar-refractivity contribution in [1.29, 1.82) is 0 Å². The van der Waals surface area contributed by atoms with E-state index in [-0.39, 0.29) is 6.03 Å². The van der Waals surface area contributed by atoms with Crippen LogP contribution in [0.5, 0.6) is 0 Å². The molecule has 86 valence electrons. The van der Waals surface area contributed by atoms with Crippen molar-refractivity contribution in [3.05, 3.63) is 48.0 Å². The molecule has 5 nitrogen and oxygen atoms in total. The molecule has 6 heteroatoms. The predicted octanol–water partition coefficient (Wildman–Crippen LogP) is 2.77. The maximum Gasteiger partial charge on any atom is 0.323 e. The largest absolute Gasteiger partial charge is 0.323 e. The highest BCUT2D eigenvalue weighted by atomic mass is 35.5. The van der Waals surface area contributed by atoms with Gasteiger partial charge in [-0.1, -0.05) is 11.6 Å². The quantitative estimate of drug-likeness (QED) is 0.803. The molecule has 0 aliphatic heterocycles. The minimum absolute atomic E-state index is 0.326. The van der Waals surface area contributed by atoms with E-state index in [0.717, 1.165) is 0 Å². The molecule has 0 radical (unpaired) electrons. The fraction of sp³-hybridized carbons (Fsp3) is 0. The number of carbonyl (C=O) groups is 1. The number of aromatic nitrogens is 2. The topological polar surface area (TPSA) is 66.9 Å². The van der Waals surface area contributed by atoms with Crippen LogP contribution < -0.4 is 10.6 Å². The zero-order valence-electron chi connectivity index (χ0n) is 8.72. The maximum atomic E-state index is 11.6. The molecule has 0 aromatic carbocycles. The number of urea groups is 1. The van der Waals surface area contributed by atoms with Gasteiger partial charge in [-0.15, -0.1) is 0 Å². The number of rotatable bonds is 2. The van der Waals surface area contributed by atoms with Crippen LogP contribution in [0.25, 0.3) is 0 Å². The predicted molar refractivity (Wildman–Crippen MR) is 66.1 cm³/mol. The Morgan fingerprint density at radius 1 is 1.06 bits per heavy atom. The molecule has 0 atom stereocenters. The van der Waals surface area contributed by atoms with Crippen molar-refractivity contribution in [2.24, 2.45) is 0 Å². The summed E-state index contributed by atoms with van der Waals surface area (Å²) in [4.78, 5) is 19.3. The van der Waals surface area contributed by atoms with Gasteiger partial charge in [0.2, 0.25) is 0 Å². The van der Waals surface area contributed by atoms with Crippen molar-refractivity contribution in [3.8, 4) is 0 Å². The molecule has 0 saturated carbocycles. The van der Waals surface area contributed by atoms with Crippen molar-refractivity contribution in [2.45, 2.75) is 0 Å². The Morgan fingerprint density at radius 3 is 2.41 bits per heavy atom. The van der Waals surface area contributed by atoms with Crippen LogP contribution in [0.4, 0.5) is 16.2 Å². The number of hydrogen-bond donors (Lipinski definition) is 2. The highest BCUT2D eigenvalue weighted by Crippen LogP contribution is 2.12. The molecule has 2 amide bonds. The summed E-state index contributed by atoms with van der Waals surface area (Å²) in [7, 11) is 0. The van der Waals surface area contributed by atoms with E-state index in [4.69, 9.17) is 11.6 Å². The smallest absolute Gasteiger partial charge is 0.308 e. The van der Waals surface area contributed by atoms with Crippen LogP contribution in [0.15, 0.2) is 42.9 Å². The number of halogens is 1. The first-order valence-electron chi connectivity index (χ1n) is 4.83. The number of carbonyl (C=O) groups excluding carboxylic acids is 1. The van der Waals surface area contributed by atoms with E-state index < -0.39 is 0 Å². The summed E-state index contributed by atoms with van der Waals surface area (Å²) >= 11 is 5.70. The second kappa shape index (κ2) is 5.27. The molecule has 2 N–H and O–H groups in total. The average Bonchev–Trinajstić information content (AvgIpc) is 2.30. The number of hydrogen-bond acceptors (Lipinski definition) is 3. The minimum Gasteiger partial charge on any atom is -0.308 e. The molecule has 0 aliphatic rings. The monoisotopic (exact) mass is 248 g/mol. The molecule has 2 heterocycles. The van der Waals surface area contributed by atoms with Gasteiger partial charge in [0.25, 0.3) is 0 Å². The van der Waals surface area contributed by atoms with Crippen LogP contribution in [0, 0.1) is 0 Å². The van der Waals surface area contributed by atoms with Gasteiger partial charge in [-0.3, -0.25) is 4.98 Å². The second-order valence-corrected chi connectivity index (χ2v) is 3.57. The summed E-state index contributed by atoms with van der Waals surface area (Å²) in [6.07, 6.45) is 4.71. The number of anilines is 2. The van der Waals surface area contributed by atoms with Crippen molar-refractivity contribution in [1.82, 2.24) is 9.97 Å². The Hall–Kier alpha value is -2.14. The van der Waals surface area contributed by atoms with Gasteiger partial charge in [-0.05, 0) is 24.3 Å². The Labute approximate surface area is 103 Å². The first kappa shape index (κ1) is 11.3. The van der Waals surface area contributed by atoms with Crippen LogP contribution in [-0.4, -0.2) is 16.0 Å². The van der Waals surface area contributed by atoms with E-state index in [2.05, 4.69) is 20.6 Å². The second-order valence-electron chi connectivity index (χ2n) is 3.18. The Bertz CT molecular complexity index is 518. The first-order valence-corrected chi connectivity index (χ1v) is 5.21. The number of nitrogens with one attached hydrogen (secondary N) is 2. The van der Waals surface area contributed by atoms with E-state index >= 15 is 0 Å². The summed E-state index contributed by atoms with van der Waals surface area (Å²) in [5.74, 6) is 0. The molecule has 2 rings (SSSR count). The first-order chi connectivity index (χ1) is 8.24. The molecular formula is C11H9ClN4O. The van der Waals surface area contributed by atoms with Gasteiger partial charge >= 0.3 is 6.03 Å². The number of amides is 2. The third kappa shape index (κ3) is 3.42. The fourth-order valence-electron chi connectivity index (χ4n) is 1.21. The Kier molecular flexibility index (Phi) is 3.52. The molecule has 17 heavy (non-hydrogen) atoms. The van der Waals surface area contributed by atoms with Crippen molar-refractivity contribution < 1.29 is 4.79 Å². The van der Waals surface area contributed by atoms with Gasteiger partial charge < -0.3 is 10.6 Å².